The first kappa shape index (κ1) is 17.2. The topological polar surface area (TPSA) is 48.0 Å². The van der Waals surface area contributed by atoms with Crippen molar-refractivity contribution in [1.29, 1.82) is 0 Å². The third-order valence-corrected chi connectivity index (χ3v) is 3.54. The quantitative estimate of drug-likeness (QED) is 0.621. The highest BCUT2D eigenvalue weighted by Crippen LogP contribution is 2.35. The fourth-order valence-corrected chi connectivity index (χ4v) is 2.39. The molecule has 0 atom stereocenters. The molecule has 0 bridgehead atoms. The van der Waals surface area contributed by atoms with Crippen molar-refractivity contribution < 1.29 is 26.4 Å². The molecule has 4 nitrogen and oxygen atoms in total. The smallest absolute Gasteiger partial charge is 0.387 e. The molecule has 0 aliphatic carbocycles. The fraction of sp³-hybridized carbons (Fsp3) is 0.0667. The van der Waals surface area contributed by atoms with E-state index in [0.29, 0.717) is 10.7 Å². The lowest BCUT2D eigenvalue weighted by Gasteiger charge is -2.09. The number of aromatic nitrogens is 2. The normalized spacial score (nSPS) is 11.8. The molecule has 25 heavy (non-hydrogen) atoms. The maximum Gasteiger partial charge on any atom is 0.442 e. The van der Waals surface area contributed by atoms with Crippen LogP contribution in [-0.2, 0) is 6.18 Å². The summed E-state index contributed by atoms with van der Waals surface area (Å²) in [6, 6.07) is 5.41. The second-order valence-electron chi connectivity index (χ2n) is 4.84. The molecule has 2 aromatic carbocycles. The van der Waals surface area contributed by atoms with Gasteiger partial charge in [-0.15, -0.1) is 5.10 Å². The van der Waals surface area contributed by atoms with Gasteiger partial charge < -0.3 is 4.42 Å². The van der Waals surface area contributed by atoms with Gasteiger partial charge in [0.1, 0.15) is 17.2 Å². The molecule has 0 N–H and O–H groups in total. The Morgan fingerprint density at radius 3 is 2.28 bits per heavy atom. The lowest BCUT2D eigenvalue weighted by molar-refractivity contribution is -0.137. The molecule has 0 aliphatic heterocycles. The van der Waals surface area contributed by atoms with Gasteiger partial charge in [0.2, 0.25) is 0 Å². The maximum absolute atomic E-state index is 13.7. The zero-order chi connectivity index (χ0) is 18.4. The van der Waals surface area contributed by atoms with E-state index in [0.717, 1.165) is 30.3 Å². The molecule has 10 heteroatoms. The summed E-state index contributed by atoms with van der Waals surface area (Å²) >= 11 is 5.58. The third kappa shape index (κ3) is 3.14. The Morgan fingerprint density at radius 2 is 1.72 bits per heavy atom. The van der Waals surface area contributed by atoms with Crippen LogP contribution in [0.1, 0.15) is 5.56 Å². The minimum absolute atomic E-state index is 0.158. The van der Waals surface area contributed by atoms with E-state index >= 15 is 0 Å². The van der Waals surface area contributed by atoms with Crippen LogP contribution in [0.4, 0.5) is 22.0 Å². The molecule has 0 unspecified atom stereocenters. The van der Waals surface area contributed by atoms with Crippen LogP contribution in [-0.4, -0.2) is 9.78 Å². The molecule has 3 rings (SSSR count). The van der Waals surface area contributed by atoms with Crippen LogP contribution in [0.3, 0.4) is 0 Å². The van der Waals surface area contributed by atoms with Gasteiger partial charge in [-0.2, -0.15) is 17.9 Å². The minimum Gasteiger partial charge on any atom is -0.387 e. The van der Waals surface area contributed by atoms with Crippen LogP contribution in [0.5, 0.6) is 0 Å². The number of nitrogens with zero attached hydrogens (tertiary/aromatic N) is 2. The van der Waals surface area contributed by atoms with E-state index in [1.54, 1.807) is 0 Å². The minimum atomic E-state index is -4.67. The van der Waals surface area contributed by atoms with E-state index in [9.17, 15) is 26.7 Å². The van der Waals surface area contributed by atoms with Gasteiger partial charge in [-0.25, -0.2) is 13.6 Å². The third-order valence-electron chi connectivity index (χ3n) is 3.23. The largest absolute Gasteiger partial charge is 0.442 e. The number of alkyl halides is 3. The molecule has 0 radical (unpaired) electrons. The molecule has 0 aliphatic rings. The monoisotopic (exact) mass is 376 g/mol. The number of hydrogen-bond acceptors (Lipinski definition) is 3. The Bertz CT molecular complexity index is 990. The average Bonchev–Trinajstić information content (AvgIpc) is 2.87. The SMILES string of the molecule is O=c1oc(-c2c(F)cccc2F)nn1-c1ccc(C(F)(F)F)c(Cl)c1. The summed E-state index contributed by atoms with van der Waals surface area (Å²) in [7, 11) is 0. The predicted molar refractivity (Wildman–Crippen MR) is 77.5 cm³/mol. The lowest BCUT2D eigenvalue weighted by Crippen LogP contribution is -2.14. The maximum atomic E-state index is 13.7. The molecule has 0 saturated heterocycles. The van der Waals surface area contributed by atoms with Gasteiger partial charge in [-0.1, -0.05) is 17.7 Å². The predicted octanol–water partition coefficient (Wildman–Crippen LogP) is 4.44. The number of halogens is 6. The average molecular weight is 377 g/mol. The van der Waals surface area contributed by atoms with Crippen molar-refractivity contribution in [2.24, 2.45) is 0 Å². The van der Waals surface area contributed by atoms with Crippen LogP contribution in [0.2, 0.25) is 5.02 Å². The van der Waals surface area contributed by atoms with E-state index in [1.165, 1.54) is 0 Å². The molecule has 1 aromatic heterocycles. The first-order valence-corrected chi connectivity index (χ1v) is 6.98. The second kappa shape index (κ2) is 5.99. The van der Waals surface area contributed by atoms with Crippen LogP contribution in [0.15, 0.2) is 45.6 Å². The summed E-state index contributed by atoms with van der Waals surface area (Å²) in [6.45, 7) is 0. The molecular weight excluding hydrogens is 371 g/mol. The molecule has 3 aromatic rings. The van der Waals surface area contributed by atoms with Crippen LogP contribution >= 0.6 is 11.6 Å². The number of rotatable bonds is 2. The lowest BCUT2D eigenvalue weighted by atomic mass is 10.2. The summed E-state index contributed by atoms with van der Waals surface area (Å²) in [6.07, 6.45) is -4.67. The van der Waals surface area contributed by atoms with Gasteiger partial charge in [0.25, 0.3) is 5.89 Å². The summed E-state index contributed by atoms with van der Waals surface area (Å²) in [5, 5.41) is 2.95. The zero-order valence-corrected chi connectivity index (χ0v) is 12.7. The van der Waals surface area contributed by atoms with Gasteiger partial charge >= 0.3 is 11.9 Å². The Labute approximate surface area is 141 Å². The van der Waals surface area contributed by atoms with Gasteiger partial charge in [-0.3, -0.25) is 0 Å². The summed E-state index contributed by atoms with van der Waals surface area (Å²) in [5.74, 6) is -3.83. The van der Waals surface area contributed by atoms with Gasteiger partial charge in [0.05, 0.1) is 16.3 Å². The molecule has 0 fully saturated rings. The van der Waals surface area contributed by atoms with Gasteiger partial charge in [0, 0.05) is 0 Å². The highest BCUT2D eigenvalue weighted by atomic mass is 35.5. The van der Waals surface area contributed by atoms with E-state index < -0.39 is 45.6 Å². The molecule has 130 valence electrons. The Balaban J connectivity index is 2.11. The van der Waals surface area contributed by atoms with E-state index in [4.69, 9.17) is 16.0 Å². The van der Waals surface area contributed by atoms with Crippen molar-refractivity contribution in [3.05, 3.63) is 69.2 Å². The highest BCUT2D eigenvalue weighted by Gasteiger charge is 2.33. The van der Waals surface area contributed by atoms with Crippen LogP contribution in [0, 0.1) is 11.6 Å². The highest BCUT2D eigenvalue weighted by molar-refractivity contribution is 6.31. The molecule has 0 amide bonds. The van der Waals surface area contributed by atoms with Crippen molar-refractivity contribution in [3.8, 4) is 17.1 Å². The Kier molecular flexibility index (Phi) is 4.11. The first-order valence-electron chi connectivity index (χ1n) is 6.60. The first-order chi connectivity index (χ1) is 11.7. The summed E-state index contributed by atoms with van der Waals surface area (Å²) in [4.78, 5) is 11.9. The number of benzene rings is 2. The molecule has 0 spiro atoms. The molecule has 0 saturated carbocycles. The van der Waals surface area contributed by atoms with Crippen molar-refractivity contribution in [1.82, 2.24) is 9.78 Å². The molecule has 1 heterocycles. The second-order valence-corrected chi connectivity index (χ2v) is 5.25. The van der Waals surface area contributed by atoms with E-state index in [-0.39, 0.29) is 5.69 Å². The molecular formula is C15H6ClF5N2O2. The van der Waals surface area contributed by atoms with Crippen molar-refractivity contribution in [3.63, 3.8) is 0 Å². The van der Waals surface area contributed by atoms with Crippen molar-refractivity contribution in [2.75, 3.05) is 0 Å². The number of hydrogen-bond donors (Lipinski definition) is 0. The Morgan fingerprint density at radius 1 is 1.08 bits per heavy atom. The van der Waals surface area contributed by atoms with Crippen LogP contribution in [0.25, 0.3) is 17.1 Å². The van der Waals surface area contributed by atoms with Crippen molar-refractivity contribution >= 4 is 11.6 Å². The zero-order valence-electron chi connectivity index (χ0n) is 11.9. The van der Waals surface area contributed by atoms with E-state index in [1.807, 2.05) is 0 Å². The van der Waals surface area contributed by atoms with Gasteiger partial charge in [0.15, 0.2) is 0 Å². The standard InChI is InChI=1S/C15H6ClF5N2O2/c16-9-6-7(4-5-8(9)15(19,20)21)23-14(24)25-13(22-23)12-10(17)2-1-3-11(12)18/h1-6H. The van der Waals surface area contributed by atoms with Gasteiger partial charge in [-0.05, 0) is 30.3 Å². The van der Waals surface area contributed by atoms with Crippen LogP contribution < -0.4 is 5.76 Å². The fourth-order valence-electron chi connectivity index (χ4n) is 2.11. The summed E-state index contributed by atoms with van der Waals surface area (Å²) in [5.41, 5.74) is -1.93. The van der Waals surface area contributed by atoms with E-state index in [2.05, 4.69) is 5.10 Å². The Hall–Kier alpha value is -2.68. The van der Waals surface area contributed by atoms with Crippen molar-refractivity contribution in [2.45, 2.75) is 6.18 Å². The summed E-state index contributed by atoms with van der Waals surface area (Å²) < 4.78 is 70.8.